The van der Waals surface area contributed by atoms with Crippen LogP contribution in [-0.4, -0.2) is 15.0 Å². The number of aromatic nitrogens is 3. The summed E-state index contributed by atoms with van der Waals surface area (Å²) in [4.78, 5) is 12.7. The van der Waals surface area contributed by atoms with Gasteiger partial charge in [-0.25, -0.2) is 15.0 Å². The molecule has 0 saturated heterocycles. The number of hydrogen-bond acceptors (Lipinski definition) is 6. The van der Waals surface area contributed by atoms with Gasteiger partial charge in [-0.1, -0.05) is 17.7 Å². The van der Waals surface area contributed by atoms with Crippen molar-refractivity contribution in [2.75, 3.05) is 16.4 Å². The molecule has 7 heteroatoms. The van der Waals surface area contributed by atoms with Crippen LogP contribution in [-0.2, 0) is 0 Å². The number of hydrogen-bond donors (Lipinski definition) is 3. The summed E-state index contributed by atoms with van der Waals surface area (Å²) in [5.41, 5.74) is 9.45. The molecule has 0 bridgehead atoms. The minimum Gasteiger partial charge on any atom is -0.393 e. The second kappa shape index (κ2) is 6.72. The first kappa shape index (κ1) is 16.0. The molecule has 2 aromatic heterocycles. The van der Waals surface area contributed by atoms with E-state index in [1.54, 1.807) is 6.20 Å². The van der Waals surface area contributed by atoms with E-state index >= 15 is 0 Å². The highest BCUT2D eigenvalue weighted by Gasteiger charge is 2.11. The lowest BCUT2D eigenvalue weighted by Gasteiger charge is -2.14. The van der Waals surface area contributed by atoms with Crippen molar-refractivity contribution in [1.82, 2.24) is 15.0 Å². The number of benzene rings is 1. The lowest BCUT2D eigenvalue weighted by molar-refractivity contribution is 1.16. The molecule has 0 atom stereocenters. The van der Waals surface area contributed by atoms with Crippen molar-refractivity contribution >= 4 is 40.4 Å². The highest BCUT2D eigenvalue weighted by molar-refractivity contribution is 6.31. The summed E-state index contributed by atoms with van der Waals surface area (Å²) in [6.45, 7) is 3.92. The highest BCUT2D eigenvalue weighted by Crippen LogP contribution is 2.30. The van der Waals surface area contributed by atoms with Gasteiger partial charge in [-0.15, -0.1) is 0 Å². The zero-order valence-corrected chi connectivity index (χ0v) is 14.1. The maximum absolute atomic E-state index is 6.19. The molecule has 122 valence electrons. The van der Waals surface area contributed by atoms with Crippen LogP contribution >= 0.6 is 11.6 Å². The molecule has 0 unspecified atom stereocenters. The summed E-state index contributed by atoms with van der Waals surface area (Å²) in [7, 11) is 0. The molecule has 0 saturated carbocycles. The van der Waals surface area contributed by atoms with E-state index in [9.17, 15) is 0 Å². The molecule has 3 rings (SSSR count). The second-order valence-electron chi connectivity index (χ2n) is 5.37. The molecule has 0 spiro atoms. The van der Waals surface area contributed by atoms with E-state index in [-0.39, 0.29) is 0 Å². The van der Waals surface area contributed by atoms with Crippen LogP contribution in [0.2, 0.25) is 5.02 Å². The van der Waals surface area contributed by atoms with Crippen LogP contribution in [0.3, 0.4) is 0 Å². The molecular formula is C17H17ClN6. The minimum absolute atomic E-state index is 0.403. The van der Waals surface area contributed by atoms with E-state index in [1.807, 2.05) is 44.2 Å². The summed E-state index contributed by atoms with van der Waals surface area (Å²) >= 11 is 6.15. The van der Waals surface area contributed by atoms with Crippen LogP contribution in [0, 0.1) is 13.8 Å². The van der Waals surface area contributed by atoms with E-state index in [0.717, 1.165) is 16.8 Å². The number of nitrogen functional groups attached to an aromatic ring is 1. The monoisotopic (exact) mass is 340 g/mol. The smallest absolute Gasteiger partial charge is 0.160 e. The predicted octanol–water partition coefficient (Wildman–Crippen LogP) is 4.21. The molecule has 24 heavy (non-hydrogen) atoms. The van der Waals surface area contributed by atoms with Crippen molar-refractivity contribution in [2.24, 2.45) is 0 Å². The van der Waals surface area contributed by atoms with E-state index in [4.69, 9.17) is 17.3 Å². The quantitative estimate of drug-likeness (QED) is 0.659. The average molecular weight is 341 g/mol. The molecule has 0 fully saturated rings. The topological polar surface area (TPSA) is 88.8 Å². The molecule has 2 heterocycles. The third kappa shape index (κ3) is 3.38. The van der Waals surface area contributed by atoms with Gasteiger partial charge in [0.15, 0.2) is 11.6 Å². The first-order chi connectivity index (χ1) is 11.5. The average Bonchev–Trinajstić information content (AvgIpc) is 2.55. The Bertz CT molecular complexity index is 881. The van der Waals surface area contributed by atoms with Gasteiger partial charge in [0.1, 0.15) is 17.8 Å². The Morgan fingerprint density at radius 1 is 1.00 bits per heavy atom. The standard InChI is InChI=1S/C17H17ClN6/c1-10-6-7-20-14(8-10)24-17-15(19)16(21-9-22-17)23-13-5-3-4-12(18)11(13)2/h3-9H,19H2,1-2H3,(H2,20,21,22,23,24). The number of halogens is 1. The van der Waals surface area contributed by atoms with Crippen molar-refractivity contribution < 1.29 is 0 Å². The molecule has 3 aromatic rings. The first-order valence-electron chi connectivity index (χ1n) is 7.37. The first-order valence-corrected chi connectivity index (χ1v) is 7.74. The third-order valence-corrected chi connectivity index (χ3v) is 3.98. The summed E-state index contributed by atoms with van der Waals surface area (Å²) in [5.74, 6) is 1.67. The fraction of sp³-hybridized carbons (Fsp3) is 0.118. The Morgan fingerprint density at radius 2 is 1.75 bits per heavy atom. The zero-order valence-electron chi connectivity index (χ0n) is 13.3. The maximum atomic E-state index is 6.19. The fourth-order valence-electron chi connectivity index (χ4n) is 2.19. The lowest BCUT2D eigenvalue weighted by Crippen LogP contribution is -2.06. The molecule has 6 nitrogen and oxygen atoms in total. The van der Waals surface area contributed by atoms with Crippen molar-refractivity contribution in [3.8, 4) is 0 Å². The molecule has 0 aliphatic heterocycles. The summed E-state index contributed by atoms with van der Waals surface area (Å²) in [5, 5.41) is 6.99. The summed E-state index contributed by atoms with van der Waals surface area (Å²) in [6, 6.07) is 9.45. The molecule has 0 aliphatic carbocycles. The molecule has 1 aromatic carbocycles. The highest BCUT2D eigenvalue weighted by atomic mass is 35.5. The Hall–Kier alpha value is -2.86. The van der Waals surface area contributed by atoms with Gasteiger partial charge in [-0.05, 0) is 49.2 Å². The Morgan fingerprint density at radius 3 is 2.50 bits per heavy atom. The molecule has 0 amide bonds. The van der Waals surface area contributed by atoms with Crippen molar-refractivity contribution in [3.05, 3.63) is 59.0 Å². The van der Waals surface area contributed by atoms with Gasteiger partial charge in [-0.3, -0.25) is 0 Å². The van der Waals surface area contributed by atoms with Crippen LogP contribution < -0.4 is 16.4 Å². The molecule has 4 N–H and O–H groups in total. The Kier molecular flexibility index (Phi) is 4.48. The van der Waals surface area contributed by atoms with E-state index in [0.29, 0.717) is 28.2 Å². The lowest BCUT2D eigenvalue weighted by atomic mass is 10.2. The molecule has 0 radical (unpaired) electrons. The van der Waals surface area contributed by atoms with Crippen molar-refractivity contribution in [2.45, 2.75) is 13.8 Å². The van der Waals surface area contributed by atoms with E-state index in [2.05, 4.69) is 25.6 Å². The SMILES string of the molecule is Cc1ccnc(Nc2ncnc(Nc3cccc(Cl)c3C)c2N)c1. The zero-order chi connectivity index (χ0) is 17.1. The van der Waals surface area contributed by atoms with E-state index < -0.39 is 0 Å². The fourth-order valence-corrected chi connectivity index (χ4v) is 2.37. The normalized spacial score (nSPS) is 10.5. The van der Waals surface area contributed by atoms with Crippen molar-refractivity contribution in [3.63, 3.8) is 0 Å². The van der Waals surface area contributed by atoms with Crippen LogP contribution in [0.5, 0.6) is 0 Å². The van der Waals surface area contributed by atoms with Gasteiger partial charge in [0, 0.05) is 16.9 Å². The largest absolute Gasteiger partial charge is 0.393 e. The number of aryl methyl sites for hydroxylation is 1. The van der Waals surface area contributed by atoms with Crippen LogP contribution in [0.1, 0.15) is 11.1 Å². The number of pyridine rings is 1. The van der Waals surface area contributed by atoms with Gasteiger partial charge in [0.25, 0.3) is 0 Å². The maximum Gasteiger partial charge on any atom is 0.160 e. The van der Waals surface area contributed by atoms with Gasteiger partial charge in [-0.2, -0.15) is 0 Å². The predicted molar refractivity (Wildman–Crippen MR) is 98.2 cm³/mol. The second-order valence-corrected chi connectivity index (χ2v) is 5.77. The van der Waals surface area contributed by atoms with Crippen LogP contribution in [0.15, 0.2) is 42.9 Å². The Labute approximate surface area is 145 Å². The number of rotatable bonds is 4. The Balaban J connectivity index is 1.89. The van der Waals surface area contributed by atoms with Crippen molar-refractivity contribution in [1.29, 1.82) is 0 Å². The van der Waals surface area contributed by atoms with E-state index in [1.165, 1.54) is 6.33 Å². The van der Waals surface area contributed by atoms with Crippen LogP contribution in [0.4, 0.5) is 28.8 Å². The number of nitrogens with zero attached hydrogens (tertiary/aromatic N) is 3. The number of nitrogens with two attached hydrogens (primary N) is 1. The minimum atomic E-state index is 0.403. The number of anilines is 5. The van der Waals surface area contributed by atoms with Gasteiger partial charge >= 0.3 is 0 Å². The summed E-state index contributed by atoms with van der Waals surface area (Å²) < 4.78 is 0. The van der Waals surface area contributed by atoms with Gasteiger partial charge in [0.2, 0.25) is 0 Å². The van der Waals surface area contributed by atoms with Crippen LogP contribution in [0.25, 0.3) is 0 Å². The van der Waals surface area contributed by atoms with Gasteiger partial charge in [0.05, 0.1) is 0 Å². The summed E-state index contributed by atoms with van der Waals surface area (Å²) in [6.07, 6.45) is 3.17. The van der Waals surface area contributed by atoms with Gasteiger partial charge < -0.3 is 16.4 Å². The molecule has 0 aliphatic rings. The molecular weight excluding hydrogens is 324 g/mol. The third-order valence-electron chi connectivity index (χ3n) is 3.57. The number of nitrogens with one attached hydrogen (secondary N) is 2.